The predicted molar refractivity (Wildman–Crippen MR) is 104 cm³/mol. The average Bonchev–Trinajstić information content (AvgIpc) is 3.00. The zero-order valence-electron chi connectivity index (χ0n) is 15.1. The summed E-state index contributed by atoms with van der Waals surface area (Å²) >= 11 is 0. The zero-order valence-corrected chi connectivity index (χ0v) is 15.1. The lowest BCUT2D eigenvalue weighted by atomic mass is 9.98. The van der Waals surface area contributed by atoms with Crippen LogP contribution in [0.1, 0.15) is 22.9 Å². The Labute approximate surface area is 161 Å². The van der Waals surface area contributed by atoms with Crippen LogP contribution in [0.15, 0.2) is 78.8 Å². The third-order valence-electron chi connectivity index (χ3n) is 4.65. The number of hydrogen-bond acceptors (Lipinski definition) is 5. The molecule has 1 unspecified atom stereocenters. The number of carbonyl (C=O) groups excluding carboxylic acids is 2. The summed E-state index contributed by atoms with van der Waals surface area (Å²) in [6.07, 6.45) is 4.63. The highest BCUT2D eigenvalue weighted by atomic mass is 16.3. The van der Waals surface area contributed by atoms with Crippen LogP contribution in [0.5, 0.6) is 0 Å². The molecule has 1 amide bonds. The molecule has 1 atom stereocenters. The lowest BCUT2D eigenvalue weighted by Gasteiger charge is -2.24. The summed E-state index contributed by atoms with van der Waals surface area (Å²) in [6, 6.07) is 14.9. The minimum atomic E-state index is -0.823. The van der Waals surface area contributed by atoms with Gasteiger partial charge in [-0.2, -0.15) is 0 Å². The second kappa shape index (κ2) is 7.08. The van der Waals surface area contributed by atoms with E-state index in [4.69, 9.17) is 0 Å². The van der Waals surface area contributed by atoms with Crippen molar-refractivity contribution in [2.75, 3.05) is 4.90 Å². The molecule has 3 heterocycles. The number of aryl methyl sites for hydroxylation is 1. The van der Waals surface area contributed by atoms with E-state index >= 15 is 0 Å². The van der Waals surface area contributed by atoms with Crippen LogP contribution in [0.25, 0.3) is 5.76 Å². The SMILES string of the molecule is Cc1cccc(N2C(=O)C(=O)/C(=C(/O)c3ccncc3)C2c2ccccn2)c1. The molecule has 2 aromatic heterocycles. The Kier molecular flexibility index (Phi) is 4.45. The van der Waals surface area contributed by atoms with Crippen molar-refractivity contribution >= 4 is 23.1 Å². The van der Waals surface area contributed by atoms with E-state index < -0.39 is 17.7 Å². The Bertz CT molecular complexity index is 1080. The fourth-order valence-corrected chi connectivity index (χ4v) is 3.36. The molecule has 0 spiro atoms. The summed E-state index contributed by atoms with van der Waals surface area (Å²) in [5, 5.41) is 10.9. The van der Waals surface area contributed by atoms with Crippen molar-refractivity contribution in [2.45, 2.75) is 13.0 Å². The molecule has 138 valence electrons. The van der Waals surface area contributed by atoms with Gasteiger partial charge in [-0.1, -0.05) is 18.2 Å². The van der Waals surface area contributed by atoms with Crippen molar-refractivity contribution in [1.82, 2.24) is 9.97 Å². The van der Waals surface area contributed by atoms with Crippen molar-refractivity contribution in [3.05, 3.63) is 95.6 Å². The van der Waals surface area contributed by atoms with Crippen molar-refractivity contribution in [1.29, 1.82) is 0 Å². The molecule has 0 saturated carbocycles. The summed E-state index contributed by atoms with van der Waals surface area (Å²) in [6.45, 7) is 1.91. The Morgan fingerprint density at radius 2 is 1.79 bits per heavy atom. The lowest BCUT2D eigenvalue weighted by molar-refractivity contribution is -0.132. The molecular weight excluding hydrogens is 354 g/mol. The van der Waals surface area contributed by atoms with Gasteiger partial charge in [0.25, 0.3) is 11.7 Å². The summed E-state index contributed by atoms with van der Waals surface area (Å²) in [4.78, 5) is 35.5. The number of benzene rings is 1. The Morgan fingerprint density at radius 1 is 1.00 bits per heavy atom. The number of ketones is 1. The van der Waals surface area contributed by atoms with Crippen LogP contribution in [0.2, 0.25) is 0 Å². The van der Waals surface area contributed by atoms with Crippen LogP contribution in [-0.2, 0) is 9.59 Å². The van der Waals surface area contributed by atoms with Gasteiger partial charge in [-0.25, -0.2) is 0 Å². The molecule has 1 N–H and O–H groups in total. The van der Waals surface area contributed by atoms with Crippen molar-refractivity contribution in [2.24, 2.45) is 0 Å². The smallest absolute Gasteiger partial charge is 0.300 e. The second-order valence-electron chi connectivity index (χ2n) is 6.50. The molecule has 1 aliphatic heterocycles. The average molecular weight is 371 g/mol. The zero-order chi connectivity index (χ0) is 19.7. The van der Waals surface area contributed by atoms with Crippen LogP contribution in [0, 0.1) is 6.92 Å². The summed E-state index contributed by atoms with van der Waals surface area (Å²) < 4.78 is 0. The van der Waals surface area contributed by atoms with Crippen LogP contribution in [0.3, 0.4) is 0 Å². The standard InChI is InChI=1S/C22H17N3O3/c1-14-5-4-6-16(13-14)25-19(17-7-2-3-10-24-17)18(21(27)22(25)28)20(26)15-8-11-23-12-9-15/h2-13,19,26H,1H3/b20-18+. The first-order chi connectivity index (χ1) is 13.6. The number of Topliss-reactive ketones (excluding diaryl/α,β-unsaturated/α-hetero) is 1. The van der Waals surface area contributed by atoms with E-state index in [1.165, 1.54) is 17.3 Å². The Balaban J connectivity index is 1.95. The first kappa shape index (κ1) is 17.6. The molecule has 6 heteroatoms. The summed E-state index contributed by atoms with van der Waals surface area (Å²) in [5.41, 5.74) is 2.45. The highest BCUT2D eigenvalue weighted by Crippen LogP contribution is 2.41. The van der Waals surface area contributed by atoms with Gasteiger partial charge < -0.3 is 5.11 Å². The number of anilines is 1. The molecule has 0 radical (unpaired) electrons. The fraction of sp³-hybridized carbons (Fsp3) is 0.0909. The highest BCUT2D eigenvalue weighted by molar-refractivity contribution is 6.51. The maximum Gasteiger partial charge on any atom is 0.300 e. The summed E-state index contributed by atoms with van der Waals surface area (Å²) in [5.74, 6) is -1.69. The maximum atomic E-state index is 12.9. The van der Waals surface area contributed by atoms with Gasteiger partial charge in [0.1, 0.15) is 11.8 Å². The molecule has 0 bridgehead atoms. The normalized spacial score (nSPS) is 18.5. The summed E-state index contributed by atoms with van der Waals surface area (Å²) in [7, 11) is 0. The number of carbonyl (C=O) groups is 2. The molecule has 0 aliphatic carbocycles. The van der Waals surface area contributed by atoms with E-state index in [2.05, 4.69) is 9.97 Å². The third-order valence-corrected chi connectivity index (χ3v) is 4.65. The van der Waals surface area contributed by atoms with Gasteiger partial charge in [-0.3, -0.25) is 24.5 Å². The number of rotatable bonds is 3. The number of aliphatic hydroxyl groups excluding tert-OH is 1. The molecule has 4 rings (SSSR count). The van der Waals surface area contributed by atoms with Gasteiger partial charge in [-0.15, -0.1) is 0 Å². The lowest BCUT2D eigenvalue weighted by Crippen LogP contribution is -2.29. The Morgan fingerprint density at radius 3 is 2.46 bits per heavy atom. The highest BCUT2D eigenvalue weighted by Gasteiger charge is 2.47. The van der Waals surface area contributed by atoms with Crippen molar-refractivity contribution in [3.63, 3.8) is 0 Å². The molecule has 1 saturated heterocycles. The topological polar surface area (TPSA) is 83.4 Å². The van der Waals surface area contributed by atoms with Gasteiger partial charge in [0.05, 0.1) is 11.3 Å². The number of pyridine rings is 2. The minimum Gasteiger partial charge on any atom is -0.507 e. The molecule has 1 aromatic carbocycles. The van der Waals surface area contributed by atoms with Crippen LogP contribution in [0.4, 0.5) is 5.69 Å². The van der Waals surface area contributed by atoms with E-state index in [-0.39, 0.29) is 11.3 Å². The third kappa shape index (κ3) is 2.95. The molecule has 6 nitrogen and oxygen atoms in total. The number of nitrogens with zero attached hydrogens (tertiary/aromatic N) is 3. The molecule has 1 fully saturated rings. The largest absolute Gasteiger partial charge is 0.507 e. The molecule has 28 heavy (non-hydrogen) atoms. The molecular formula is C22H17N3O3. The van der Waals surface area contributed by atoms with Crippen molar-refractivity contribution < 1.29 is 14.7 Å². The minimum absolute atomic E-state index is 0.0106. The van der Waals surface area contributed by atoms with Gasteiger partial charge in [0.15, 0.2) is 0 Å². The first-order valence-corrected chi connectivity index (χ1v) is 8.77. The number of aliphatic hydroxyl groups is 1. The monoisotopic (exact) mass is 371 g/mol. The number of aromatic nitrogens is 2. The van der Waals surface area contributed by atoms with Gasteiger partial charge in [-0.05, 0) is 48.9 Å². The predicted octanol–water partition coefficient (Wildman–Crippen LogP) is 3.41. The van der Waals surface area contributed by atoms with Crippen LogP contribution in [-0.4, -0.2) is 26.8 Å². The van der Waals surface area contributed by atoms with E-state index in [0.29, 0.717) is 16.9 Å². The van der Waals surface area contributed by atoms with Crippen LogP contribution >= 0.6 is 0 Å². The number of hydrogen-bond donors (Lipinski definition) is 1. The quantitative estimate of drug-likeness (QED) is 0.433. The molecule has 3 aromatic rings. The van der Waals surface area contributed by atoms with Gasteiger partial charge in [0, 0.05) is 29.8 Å². The van der Waals surface area contributed by atoms with Crippen LogP contribution < -0.4 is 4.90 Å². The maximum absolute atomic E-state index is 12.9. The molecule has 1 aliphatic rings. The second-order valence-corrected chi connectivity index (χ2v) is 6.50. The van der Waals surface area contributed by atoms with Crippen molar-refractivity contribution in [3.8, 4) is 0 Å². The van der Waals surface area contributed by atoms with Gasteiger partial charge >= 0.3 is 0 Å². The fourth-order valence-electron chi connectivity index (χ4n) is 3.36. The van der Waals surface area contributed by atoms with E-state index in [9.17, 15) is 14.7 Å². The van der Waals surface area contributed by atoms with Gasteiger partial charge in [0.2, 0.25) is 0 Å². The van der Waals surface area contributed by atoms with E-state index in [1.54, 1.807) is 42.6 Å². The Hall–Kier alpha value is -3.80. The number of amides is 1. The van der Waals surface area contributed by atoms with E-state index in [1.807, 2.05) is 25.1 Å². The van der Waals surface area contributed by atoms with E-state index in [0.717, 1.165) is 5.56 Å². The first-order valence-electron chi connectivity index (χ1n) is 8.77.